The first-order valence-corrected chi connectivity index (χ1v) is 6.79. The van der Waals surface area contributed by atoms with Crippen LogP contribution in [-0.4, -0.2) is 21.0 Å². The molecule has 0 atom stereocenters. The Balaban J connectivity index is 2.00. The Hall–Kier alpha value is -3.79. The van der Waals surface area contributed by atoms with Gasteiger partial charge in [0.15, 0.2) is 17.1 Å². The van der Waals surface area contributed by atoms with Gasteiger partial charge in [-0.1, -0.05) is 6.07 Å². The van der Waals surface area contributed by atoms with Crippen molar-refractivity contribution in [3.05, 3.63) is 63.6 Å². The molecule has 1 aromatic heterocycles. The Morgan fingerprint density at radius 1 is 1.17 bits per heavy atom. The van der Waals surface area contributed by atoms with Crippen LogP contribution in [0.2, 0.25) is 0 Å². The molecule has 118 valence electrons. The fourth-order valence-corrected chi connectivity index (χ4v) is 2.19. The van der Waals surface area contributed by atoms with Crippen LogP contribution in [-0.2, 0) is 0 Å². The van der Waals surface area contributed by atoms with Crippen molar-refractivity contribution in [2.45, 2.75) is 0 Å². The number of aromatic amines is 1. The van der Waals surface area contributed by atoms with Crippen molar-refractivity contribution < 1.29 is 19.4 Å². The topological polar surface area (TPSA) is 127 Å². The average molecular weight is 322 g/mol. The minimum Gasteiger partial charge on any atom is -0.504 e. The predicted molar refractivity (Wildman–Crippen MR) is 84.5 cm³/mol. The minimum absolute atomic E-state index is 0.0656. The molecule has 3 aromatic rings. The lowest BCUT2D eigenvalue weighted by molar-refractivity contribution is 0.103. The summed E-state index contributed by atoms with van der Waals surface area (Å²) in [6, 6.07) is 10.1. The van der Waals surface area contributed by atoms with Crippen molar-refractivity contribution in [3.8, 4) is 17.6 Å². The largest absolute Gasteiger partial charge is 0.504 e. The quantitative estimate of drug-likeness (QED) is 0.294. The van der Waals surface area contributed by atoms with E-state index in [1.165, 1.54) is 18.2 Å². The number of fused-ring (bicyclic) bond motifs is 1. The van der Waals surface area contributed by atoms with Crippen molar-refractivity contribution in [1.29, 1.82) is 5.26 Å². The van der Waals surface area contributed by atoms with Gasteiger partial charge >= 0.3 is 5.76 Å². The van der Waals surface area contributed by atoms with Gasteiger partial charge in [0, 0.05) is 5.56 Å². The van der Waals surface area contributed by atoms with Crippen molar-refractivity contribution in [2.24, 2.45) is 0 Å². The number of H-pyrrole nitrogens is 1. The number of carbonyl (C=O) groups is 1. The second kappa shape index (κ2) is 5.78. The SMILES string of the molecule is N#C/C(=C\c1ccc2oc(=O)[nH]c2c1)C(=O)c1ccc(O)c(O)c1. The molecule has 7 heteroatoms. The van der Waals surface area contributed by atoms with Gasteiger partial charge in [0.05, 0.1) is 5.52 Å². The van der Waals surface area contributed by atoms with Gasteiger partial charge in [-0.15, -0.1) is 0 Å². The summed E-state index contributed by atoms with van der Waals surface area (Å²) in [4.78, 5) is 26.0. The van der Waals surface area contributed by atoms with Gasteiger partial charge in [-0.3, -0.25) is 9.78 Å². The molecule has 1 heterocycles. The highest BCUT2D eigenvalue weighted by Gasteiger charge is 2.14. The summed E-state index contributed by atoms with van der Waals surface area (Å²) in [6.45, 7) is 0. The number of nitrogens with one attached hydrogen (secondary N) is 1. The number of hydrogen-bond acceptors (Lipinski definition) is 6. The maximum atomic E-state index is 12.4. The van der Waals surface area contributed by atoms with Gasteiger partial charge in [-0.05, 0) is 42.0 Å². The van der Waals surface area contributed by atoms with Crippen LogP contribution in [0.25, 0.3) is 17.2 Å². The van der Waals surface area contributed by atoms with E-state index in [2.05, 4.69) is 4.98 Å². The van der Waals surface area contributed by atoms with E-state index in [9.17, 15) is 25.1 Å². The molecular formula is C17H10N2O5. The Morgan fingerprint density at radius 2 is 1.96 bits per heavy atom. The first-order chi connectivity index (χ1) is 11.5. The second-order valence-corrected chi connectivity index (χ2v) is 4.97. The van der Waals surface area contributed by atoms with Crippen molar-refractivity contribution in [1.82, 2.24) is 4.98 Å². The second-order valence-electron chi connectivity index (χ2n) is 4.97. The fraction of sp³-hybridized carbons (Fsp3) is 0. The molecule has 7 nitrogen and oxygen atoms in total. The summed E-state index contributed by atoms with van der Waals surface area (Å²) in [5.74, 6) is -2.00. The van der Waals surface area contributed by atoms with Gasteiger partial charge in [0.1, 0.15) is 11.6 Å². The highest BCUT2D eigenvalue weighted by Crippen LogP contribution is 2.26. The molecule has 24 heavy (non-hydrogen) atoms. The summed E-state index contributed by atoms with van der Waals surface area (Å²) in [5, 5.41) is 28.0. The highest BCUT2D eigenvalue weighted by atomic mass is 16.4. The molecule has 0 amide bonds. The number of phenolic OH excluding ortho intramolecular Hbond substituents is 2. The lowest BCUT2D eigenvalue weighted by Gasteiger charge is -2.02. The third-order valence-electron chi connectivity index (χ3n) is 3.36. The van der Waals surface area contributed by atoms with Gasteiger partial charge in [-0.2, -0.15) is 5.26 Å². The van der Waals surface area contributed by atoms with Crippen LogP contribution in [0.3, 0.4) is 0 Å². The number of benzene rings is 2. The smallest absolute Gasteiger partial charge is 0.417 e. The van der Waals surface area contributed by atoms with Crippen LogP contribution in [0, 0.1) is 11.3 Å². The van der Waals surface area contributed by atoms with Crippen LogP contribution in [0.15, 0.2) is 51.2 Å². The number of Topliss-reactive ketones (excluding diaryl/α,β-unsaturated/α-hetero) is 1. The van der Waals surface area contributed by atoms with Gasteiger partial charge in [-0.25, -0.2) is 4.79 Å². The number of oxazole rings is 1. The van der Waals surface area contributed by atoms with Crippen LogP contribution in [0.4, 0.5) is 0 Å². The number of carbonyl (C=O) groups excluding carboxylic acids is 1. The van der Waals surface area contributed by atoms with Crippen LogP contribution >= 0.6 is 0 Å². The number of aromatic hydroxyl groups is 2. The van der Waals surface area contributed by atoms with Crippen LogP contribution in [0.1, 0.15) is 15.9 Å². The van der Waals surface area contributed by atoms with Gasteiger partial charge < -0.3 is 14.6 Å². The molecule has 0 fully saturated rings. The first kappa shape index (κ1) is 15.1. The van der Waals surface area contributed by atoms with Crippen molar-refractivity contribution >= 4 is 23.0 Å². The summed E-state index contributed by atoms with van der Waals surface area (Å²) in [6.07, 6.45) is 1.36. The molecule has 0 saturated carbocycles. The normalized spacial score (nSPS) is 11.4. The number of phenols is 2. The number of nitriles is 1. The van der Waals surface area contributed by atoms with Crippen LogP contribution in [0.5, 0.6) is 11.5 Å². The number of allylic oxidation sites excluding steroid dienone is 1. The number of rotatable bonds is 3. The lowest BCUT2D eigenvalue weighted by atomic mass is 10.0. The van der Waals surface area contributed by atoms with E-state index >= 15 is 0 Å². The van der Waals surface area contributed by atoms with Crippen molar-refractivity contribution in [2.75, 3.05) is 0 Å². The number of nitrogens with zero attached hydrogens (tertiary/aromatic N) is 1. The molecule has 0 aliphatic carbocycles. The molecule has 0 aliphatic rings. The molecule has 2 aromatic carbocycles. The number of aromatic nitrogens is 1. The Bertz CT molecular complexity index is 1080. The molecule has 3 N–H and O–H groups in total. The summed E-state index contributed by atoms with van der Waals surface area (Å²) in [5.41, 5.74) is 1.24. The Kier molecular flexibility index (Phi) is 3.64. The summed E-state index contributed by atoms with van der Waals surface area (Å²) in [7, 11) is 0. The Morgan fingerprint density at radius 3 is 2.67 bits per heavy atom. The molecule has 0 aliphatic heterocycles. The van der Waals surface area contributed by atoms with E-state index in [-0.39, 0.29) is 16.9 Å². The zero-order chi connectivity index (χ0) is 17.3. The fourth-order valence-electron chi connectivity index (χ4n) is 2.19. The standard InChI is InChI=1S/C17H10N2O5/c18-8-11(16(22)10-2-3-13(20)14(21)7-10)5-9-1-4-15-12(6-9)19-17(23)24-15/h1-7,20-21H,(H,19,23)/b11-5+. The van der Waals surface area contributed by atoms with Crippen molar-refractivity contribution in [3.63, 3.8) is 0 Å². The number of hydrogen-bond donors (Lipinski definition) is 3. The number of ketones is 1. The molecule has 0 unspecified atom stereocenters. The van der Waals surface area contributed by atoms with Crippen LogP contribution < -0.4 is 5.76 Å². The Labute approximate surface area is 134 Å². The first-order valence-electron chi connectivity index (χ1n) is 6.79. The third kappa shape index (κ3) is 2.76. The molecule has 0 spiro atoms. The van der Waals surface area contributed by atoms with E-state index in [1.807, 2.05) is 6.07 Å². The molecule has 0 radical (unpaired) electrons. The maximum absolute atomic E-state index is 12.4. The zero-order valence-electron chi connectivity index (χ0n) is 12.1. The van der Waals surface area contributed by atoms with Gasteiger partial charge in [0.25, 0.3) is 0 Å². The average Bonchev–Trinajstić information content (AvgIpc) is 2.93. The lowest BCUT2D eigenvalue weighted by Crippen LogP contribution is -2.01. The molecule has 0 saturated heterocycles. The summed E-state index contributed by atoms with van der Waals surface area (Å²) >= 11 is 0. The summed E-state index contributed by atoms with van der Waals surface area (Å²) < 4.78 is 4.88. The minimum atomic E-state index is -0.603. The van der Waals surface area contributed by atoms with E-state index in [0.717, 1.165) is 6.07 Å². The van der Waals surface area contributed by atoms with E-state index in [0.29, 0.717) is 16.7 Å². The third-order valence-corrected chi connectivity index (χ3v) is 3.36. The predicted octanol–water partition coefficient (Wildman–Crippen LogP) is 2.32. The van der Waals surface area contributed by atoms with E-state index in [4.69, 9.17) is 4.42 Å². The van der Waals surface area contributed by atoms with E-state index < -0.39 is 17.3 Å². The molecular weight excluding hydrogens is 312 g/mol. The molecule has 0 bridgehead atoms. The van der Waals surface area contributed by atoms with Gasteiger partial charge in [0.2, 0.25) is 5.78 Å². The molecule has 3 rings (SSSR count). The monoisotopic (exact) mass is 322 g/mol. The highest BCUT2D eigenvalue weighted by molar-refractivity contribution is 6.14. The van der Waals surface area contributed by atoms with E-state index in [1.54, 1.807) is 18.2 Å². The zero-order valence-corrected chi connectivity index (χ0v) is 12.1. The maximum Gasteiger partial charge on any atom is 0.417 e.